The molecule has 2 rings (SSSR count). The molecule has 0 saturated heterocycles. The van der Waals surface area contributed by atoms with Crippen LogP contribution < -0.4 is 10.6 Å². The second-order valence-corrected chi connectivity index (χ2v) is 4.94. The van der Waals surface area contributed by atoms with Gasteiger partial charge in [-0.25, -0.2) is 4.98 Å². The minimum atomic E-state index is -0.108. The fourth-order valence-electron chi connectivity index (χ4n) is 2.23. The first-order valence-electron chi connectivity index (χ1n) is 6.99. The van der Waals surface area contributed by atoms with Gasteiger partial charge in [0.25, 0.3) is 5.91 Å². The molecule has 2 N–H and O–H groups in total. The summed E-state index contributed by atoms with van der Waals surface area (Å²) in [5.74, 6) is 0.582. The Kier molecular flexibility index (Phi) is 4.57. The topological polar surface area (TPSA) is 71.8 Å². The lowest BCUT2D eigenvalue weighted by Gasteiger charge is -2.08. The zero-order valence-corrected chi connectivity index (χ0v) is 12.9. The number of nitrogens with one attached hydrogen (secondary N) is 2. The fraction of sp³-hybridized carbons (Fsp3) is 0.400. The van der Waals surface area contributed by atoms with Crippen LogP contribution >= 0.6 is 0 Å². The van der Waals surface area contributed by atoms with Gasteiger partial charge in [-0.05, 0) is 25.5 Å². The van der Waals surface area contributed by atoms with Gasteiger partial charge in [0, 0.05) is 43.7 Å². The third-order valence-electron chi connectivity index (χ3n) is 3.24. The molecule has 0 unspecified atom stereocenters. The summed E-state index contributed by atoms with van der Waals surface area (Å²) in [5, 5.41) is 10.3. The van der Waals surface area contributed by atoms with E-state index in [2.05, 4.69) is 27.6 Å². The molecule has 0 aliphatic heterocycles. The standard InChI is InChI=1S/C15H21N5O/c1-5-13-12(9-20(4)19-13)8-17-15(21)11-6-10(2)18-14(7-11)16-3/h6-7,9H,5,8H2,1-4H3,(H,16,18)(H,17,21). The monoisotopic (exact) mass is 287 g/mol. The van der Waals surface area contributed by atoms with Gasteiger partial charge in [0.1, 0.15) is 5.82 Å². The van der Waals surface area contributed by atoms with Gasteiger partial charge in [-0.3, -0.25) is 9.48 Å². The van der Waals surface area contributed by atoms with E-state index in [4.69, 9.17) is 0 Å². The molecule has 1 amide bonds. The SMILES string of the molecule is CCc1nn(C)cc1CNC(=O)c1cc(C)nc(NC)c1. The molecule has 0 fully saturated rings. The predicted molar refractivity (Wildman–Crippen MR) is 82.3 cm³/mol. The Hall–Kier alpha value is -2.37. The summed E-state index contributed by atoms with van der Waals surface area (Å²) in [7, 11) is 3.67. The fourth-order valence-corrected chi connectivity index (χ4v) is 2.23. The summed E-state index contributed by atoms with van der Waals surface area (Å²) in [6.07, 6.45) is 2.79. The van der Waals surface area contributed by atoms with Crippen LogP contribution in [0.3, 0.4) is 0 Å². The lowest BCUT2D eigenvalue weighted by Crippen LogP contribution is -2.23. The molecule has 0 aromatic carbocycles. The summed E-state index contributed by atoms with van der Waals surface area (Å²) in [6.45, 7) is 4.40. The van der Waals surface area contributed by atoms with Gasteiger partial charge in [-0.2, -0.15) is 5.10 Å². The molecule has 21 heavy (non-hydrogen) atoms. The molecule has 0 aliphatic rings. The quantitative estimate of drug-likeness (QED) is 0.877. The smallest absolute Gasteiger partial charge is 0.251 e. The lowest BCUT2D eigenvalue weighted by atomic mass is 10.2. The first kappa shape index (κ1) is 15.0. The second-order valence-electron chi connectivity index (χ2n) is 4.94. The van der Waals surface area contributed by atoms with Crippen LogP contribution in [0, 0.1) is 6.92 Å². The number of nitrogens with zero attached hydrogens (tertiary/aromatic N) is 3. The van der Waals surface area contributed by atoms with E-state index in [1.807, 2.05) is 20.2 Å². The second kappa shape index (κ2) is 6.39. The van der Waals surface area contributed by atoms with Crippen LogP contribution in [-0.2, 0) is 20.0 Å². The molecule has 0 radical (unpaired) electrons. The molecule has 2 heterocycles. The maximum Gasteiger partial charge on any atom is 0.251 e. The molecule has 0 atom stereocenters. The summed E-state index contributed by atoms with van der Waals surface area (Å²) >= 11 is 0. The number of hydrogen-bond donors (Lipinski definition) is 2. The zero-order chi connectivity index (χ0) is 15.4. The highest BCUT2D eigenvalue weighted by atomic mass is 16.1. The normalized spacial score (nSPS) is 10.5. The van der Waals surface area contributed by atoms with Gasteiger partial charge >= 0.3 is 0 Å². The molecule has 0 saturated carbocycles. The first-order valence-corrected chi connectivity index (χ1v) is 6.99. The Bertz CT molecular complexity index is 648. The van der Waals surface area contributed by atoms with Gasteiger partial charge in [0.15, 0.2) is 0 Å². The van der Waals surface area contributed by atoms with Crippen LogP contribution in [0.2, 0.25) is 0 Å². The van der Waals surface area contributed by atoms with E-state index in [-0.39, 0.29) is 5.91 Å². The highest BCUT2D eigenvalue weighted by Gasteiger charge is 2.11. The van der Waals surface area contributed by atoms with Crippen molar-refractivity contribution >= 4 is 11.7 Å². The Balaban J connectivity index is 2.09. The Labute approximate surface area is 124 Å². The molecule has 6 nitrogen and oxygen atoms in total. The van der Waals surface area contributed by atoms with Crippen molar-refractivity contribution in [1.82, 2.24) is 20.1 Å². The van der Waals surface area contributed by atoms with E-state index < -0.39 is 0 Å². The molecule has 2 aromatic rings. The molecule has 0 bridgehead atoms. The van der Waals surface area contributed by atoms with E-state index in [0.717, 1.165) is 23.4 Å². The van der Waals surface area contributed by atoms with Gasteiger partial charge in [0.2, 0.25) is 0 Å². The van der Waals surface area contributed by atoms with Crippen LogP contribution in [0.15, 0.2) is 18.3 Å². The van der Waals surface area contributed by atoms with Gasteiger partial charge in [-0.15, -0.1) is 0 Å². The van der Waals surface area contributed by atoms with E-state index in [0.29, 0.717) is 17.9 Å². The number of aryl methyl sites for hydroxylation is 3. The van der Waals surface area contributed by atoms with Crippen LogP contribution in [-0.4, -0.2) is 27.7 Å². The van der Waals surface area contributed by atoms with E-state index in [1.54, 1.807) is 23.9 Å². The van der Waals surface area contributed by atoms with Crippen molar-refractivity contribution in [3.05, 3.63) is 40.8 Å². The molecular formula is C15H21N5O. The Morgan fingerprint density at radius 3 is 2.81 bits per heavy atom. The molecule has 6 heteroatoms. The number of carbonyl (C=O) groups excluding carboxylic acids is 1. The molecule has 2 aromatic heterocycles. The zero-order valence-electron chi connectivity index (χ0n) is 12.9. The van der Waals surface area contributed by atoms with Crippen LogP contribution in [0.25, 0.3) is 0 Å². The van der Waals surface area contributed by atoms with Gasteiger partial charge < -0.3 is 10.6 Å². The Morgan fingerprint density at radius 1 is 1.38 bits per heavy atom. The Morgan fingerprint density at radius 2 is 2.14 bits per heavy atom. The summed E-state index contributed by atoms with van der Waals surface area (Å²) in [6, 6.07) is 3.52. The molecule has 0 aliphatic carbocycles. The van der Waals surface area contributed by atoms with E-state index in [1.165, 1.54) is 0 Å². The minimum Gasteiger partial charge on any atom is -0.373 e. The summed E-state index contributed by atoms with van der Waals surface area (Å²) in [4.78, 5) is 16.5. The van der Waals surface area contributed by atoms with Crippen LogP contribution in [0.1, 0.15) is 34.2 Å². The number of pyridine rings is 1. The van der Waals surface area contributed by atoms with Gasteiger partial charge in [0.05, 0.1) is 5.69 Å². The first-order chi connectivity index (χ1) is 10.0. The predicted octanol–water partition coefficient (Wildman–Crippen LogP) is 1.66. The minimum absolute atomic E-state index is 0.108. The maximum atomic E-state index is 12.3. The van der Waals surface area contributed by atoms with Crippen molar-refractivity contribution in [2.45, 2.75) is 26.8 Å². The number of aromatic nitrogens is 3. The van der Waals surface area contributed by atoms with Crippen molar-refractivity contribution in [3.63, 3.8) is 0 Å². The highest BCUT2D eigenvalue weighted by Crippen LogP contribution is 2.11. The number of rotatable bonds is 5. The third-order valence-corrected chi connectivity index (χ3v) is 3.24. The molecular weight excluding hydrogens is 266 g/mol. The molecule has 112 valence electrons. The van der Waals surface area contributed by atoms with Crippen molar-refractivity contribution in [1.29, 1.82) is 0 Å². The van der Waals surface area contributed by atoms with E-state index in [9.17, 15) is 4.79 Å². The largest absolute Gasteiger partial charge is 0.373 e. The van der Waals surface area contributed by atoms with Crippen molar-refractivity contribution < 1.29 is 4.79 Å². The highest BCUT2D eigenvalue weighted by molar-refractivity contribution is 5.94. The van der Waals surface area contributed by atoms with Gasteiger partial charge in [-0.1, -0.05) is 6.92 Å². The number of carbonyl (C=O) groups is 1. The van der Waals surface area contributed by atoms with E-state index >= 15 is 0 Å². The van der Waals surface area contributed by atoms with Crippen molar-refractivity contribution in [3.8, 4) is 0 Å². The third kappa shape index (κ3) is 3.59. The average molecular weight is 287 g/mol. The van der Waals surface area contributed by atoms with Crippen LogP contribution in [0.5, 0.6) is 0 Å². The number of amides is 1. The average Bonchev–Trinajstić information content (AvgIpc) is 2.84. The number of hydrogen-bond acceptors (Lipinski definition) is 4. The lowest BCUT2D eigenvalue weighted by molar-refractivity contribution is 0.0950. The van der Waals surface area contributed by atoms with Crippen molar-refractivity contribution in [2.24, 2.45) is 7.05 Å². The molecule has 0 spiro atoms. The van der Waals surface area contributed by atoms with Crippen LogP contribution in [0.4, 0.5) is 5.82 Å². The summed E-state index contributed by atoms with van der Waals surface area (Å²) in [5.41, 5.74) is 3.48. The maximum absolute atomic E-state index is 12.3. The summed E-state index contributed by atoms with van der Waals surface area (Å²) < 4.78 is 1.77. The number of anilines is 1. The van der Waals surface area contributed by atoms with Crippen molar-refractivity contribution in [2.75, 3.05) is 12.4 Å².